The van der Waals surface area contributed by atoms with Gasteiger partial charge in [0, 0.05) is 24.8 Å². The van der Waals surface area contributed by atoms with Crippen molar-refractivity contribution in [3.8, 4) is 0 Å². The molecule has 0 aliphatic carbocycles. The summed E-state index contributed by atoms with van der Waals surface area (Å²) in [5.74, 6) is -1.31. The zero-order chi connectivity index (χ0) is 23.9. The zero-order valence-corrected chi connectivity index (χ0v) is 19.0. The third-order valence-corrected chi connectivity index (χ3v) is 6.15. The second-order valence-electron chi connectivity index (χ2n) is 8.99. The molecular weight excluding hydrogens is 445 g/mol. The number of hydrogen-bond acceptors (Lipinski definition) is 7. The van der Waals surface area contributed by atoms with Gasteiger partial charge in [0.25, 0.3) is 5.91 Å². The first-order chi connectivity index (χ1) is 16.3. The predicted octanol–water partition coefficient (Wildman–Crippen LogP) is 2.21. The topological polar surface area (TPSA) is 99.0 Å². The molecule has 34 heavy (non-hydrogen) atoms. The highest BCUT2D eigenvalue weighted by atomic mass is 19.1. The lowest BCUT2D eigenvalue weighted by atomic mass is 9.98. The summed E-state index contributed by atoms with van der Waals surface area (Å²) in [6.07, 6.45) is 4.08. The molecule has 0 N–H and O–H groups in total. The van der Waals surface area contributed by atoms with Crippen molar-refractivity contribution in [3.05, 3.63) is 48.0 Å². The number of amides is 2. The number of halogens is 1. The van der Waals surface area contributed by atoms with Crippen LogP contribution in [0.3, 0.4) is 0 Å². The van der Waals surface area contributed by atoms with Crippen molar-refractivity contribution < 1.29 is 28.2 Å². The van der Waals surface area contributed by atoms with Gasteiger partial charge in [-0.1, -0.05) is 11.3 Å². The van der Waals surface area contributed by atoms with Crippen molar-refractivity contribution in [2.75, 3.05) is 31.1 Å². The largest absolute Gasteiger partial charge is 0.442 e. The van der Waals surface area contributed by atoms with Crippen molar-refractivity contribution in [3.63, 3.8) is 0 Å². The monoisotopic (exact) mass is 471 g/mol. The molecule has 2 amide bonds. The molecule has 0 bridgehead atoms. The van der Waals surface area contributed by atoms with E-state index in [1.54, 1.807) is 48.0 Å². The summed E-state index contributed by atoms with van der Waals surface area (Å²) in [5, 5.41) is 7.61. The van der Waals surface area contributed by atoms with Gasteiger partial charge in [0.05, 0.1) is 31.6 Å². The zero-order valence-electron chi connectivity index (χ0n) is 19.0. The fourth-order valence-electron chi connectivity index (χ4n) is 4.42. The molecule has 11 heteroatoms. The van der Waals surface area contributed by atoms with E-state index >= 15 is 4.39 Å². The highest BCUT2D eigenvalue weighted by Gasteiger charge is 2.39. The number of anilines is 1. The standard InChI is InChI=1S/C23H26FN5O5/c1-23(2)32-14-20(34-23)21(30)27-8-5-15(6-9-27)18-4-3-16(11-19(18)24)29-13-17(33-22(29)31)12-28-10-7-25-26-28/h3-5,7,10-11,17,20H,6,8-9,12-14H2,1-2H3/t17-,20-/m0/s1. The molecule has 2 aromatic rings. The fraction of sp³-hybridized carbons (Fsp3) is 0.478. The number of carbonyl (C=O) groups excluding carboxylic acids is 2. The molecule has 2 atom stereocenters. The average Bonchev–Trinajstić information content (AvgIpc) is 3.54. The van der Waals surface area contributed by atoms with E-state index in [2.05, 4.69) is 10.3 Å². The van der Waals surface area contributed by atoms with Gasteiger partial charge in [-0.25, -0.2) is 13.9 Å². The predicted molar refractivity (Wildman–Crippen MR) is 118 cm³/mol. The Kier molecular flexibility index (Phi) is 5.82. The van der Waals surface area contributed by atoms with E-state index in [1.165, 1.54) is 11.0 Å². The number of benzene rings is 1. The maximum absolute atomic E-state index is 15.0. The van der Waals surface area contributed by atoms with Crippen molar-refractivity contribution in [2.45, 2.75) is 44.8 Å². The first-order valence-corrected chi connectivity index (χ1v) is 11.2. The van der Waals surface area contributed by atoms with Gasteiger partial charge in [-0.15, -0.1) is 5.10 Å². The summed E-state index contributed by atoms with van der Waals surface area (Å²) < 4.78 is 33.2. The number of carbonyl (C=O) groups is 2. The highest BCUT2D eigenvalue weighted by molar-refractivity contribution is 5.90. The SMILES string of the molecule is CC1(C)OC[C@@H](C(=O)N2CC=C(c3ccc(N4C[C@H](Cn5ccnn5)OC4=O)cc3F)CC2)O1. The third-order valence-electron chi connectivity index (χ3n) is 6.15. The molecule has 0 radical (unpaired) electrons. The molecule has 4 heterocycles. The van der Waals surface area contributed by atoms with E-state index in [4.69, 9.17) is 14.2 Å². The molecular formula is C23H26FN5O5. The minimum absolute atomic E-state index is 0.121. The van der Waals surface area contributed by atoms with Gasteiger partial charge < -0.3 is 19.1 Å². The van der Waals surface area contributed by atoms with Crippen LogP contribution >= 0.6 is 0 Å². The molecule has 2 saturated heterocycles. The smallest absolute Gasteiger partial charge is 0.414 e. The van der Waals surface area contributed by atoms with Crippen LogP contribution in [0, 0.1) is 5.82 Å². The number of rotatable bonds is 5. The summed E-state index contributed by atoms with van der Waals surface area (Å²) in [7, 11) is 0. The molecule has 2 fully saturated rings. The van der Waals surface area contributed by atoms with E-state index in [-0.39, 0.29) is 12.5 Å². The van der Waals surface area contributed by atoms with Crippen molar-refractivity contribution in [2.24, 2.45) is 0 Å². The second-order valence-corrected chi connectivity index (χ2v) is 8.99. The van der Waals surface area contributed by atoms with Crippen LogP contribution in [0.5, 0.6) is 0 Å². The van der Waals surface area contributed by atoms with Crippen molar-refractivity contribution in [1.29, 1.82) is 0 Å². The summed E-state index contributed by atoms with van der Waals surface area (Å²) in [5.41, 5.74) is 1.72. The molecule has 1 aromatic heterocycles. The number of ether oxygens (including phenoxy) is 3. The molecule has 3 aliphatic heterocycles. The highest BCUT2D eigenvalue weighted by Crippen LogP contribution is 2.31. The van der Waals surface area contributed by atoms with E-state index in [0.717, 1.165) is 5.57 Å². The van der Waals surface area contributed by atoms with Gasteiger partial charge in [0.2, 0.25) is 0 Å². The summed E-state index contributed by atoms with van der Waals surface area (Å²) in [6.45, 7) is 5.29. The number of nitrogens with zero attached hydrogens (tertiary/aromatic N) is 5. The van der Waals surface area contributed by atoms with E-state index in [1.807, 2.05) is 6.08 Å². The average molecular weight is 471 g/mol. The van der Waals surface area contributed by atoms with Gasteiger partial charge in [-0.05, 0) is 44.0 Å². The Balaban J connectivity index is 1.23. The quantitative estimate of drug-likeness (QED) is 0.659. The molecule has 0 spiro atoms. The Bertz CT molecular complexity index is 1120. The molecule has 5 rings (SSSR count). The molecule has 1 aromatic carbocycles. The third kappa shape index (κ3) is 4.53. The van der Waals surface area contributed by atoms with Gasteiger partial charge in [-0.3, -0.25) is 9.69 Å². The normalized spacial score (nSPS) is 24.3. The Hall–Kier alpha value is -3.31. The summed E-state index contributed by atoms with van der Waals surface area (Å²) in [6, 6.07) is 4.72. The fourth-order valence-corrected chi connectivity index (χ4v) is 4.42. The van der Waals surface area contributed by atoms with Crippen LogP contribution < -0.4 is 4.90 Å². The molecule has 0 saturated carbocycles. The number of aromatic nitrogens is 3. The first kappa shape index (κ1) is 22.5. The Labute approximate surface area is 195 Å². The van der Waals surface area contributed by atoms with Crippen LogP contribution in [0.15, 0.2) is 36.7 Å². The van der Waals surface area contributed by atoms with Crippen LogP contribution in [0.4, 0.5) is 14.9 Å². The lowest BCUT2D eigenvalue weighted by molar-refractivity contribution is -0.159. The first-order valence-electron chi connectivity index (χ1n) is 11.2. The minimum atomic E-state index is -0.764. The number of cyclic esters (lactones) is 1. The second kappa shape index (κ2) is 8.80. The van der Waals surface area contributed by atoms with Crippen LogP contribution in [-0.2, 0) is 25.5 Å². The van der Waals surface area contributed by atoms with Crippen LogP contribution in [0.25, 0.3) is 5.57 Å². The maximum Gasteiger partial charge on any atom is 0.414 e. The lowest BCUT2D eigenvalue weighted by Gasteiger charge is -2.29. The van der Waals surface area contributed by atoms with Crippen molar-refractivity contribution in [1.82, 2.24) is 19.9 Å². The lowest BCUT2D eigenvalue weighted by Crippen LogP contribution is -2.43. The van der Waals surface area contributed by atoms with Gasteiger partial charge in [0.1, 0.15) is 11.9 Å². The van der Waals surface area contributed by atoms with Gasteiger partial charge in [-0.2, -0.15) is 0 Å². The van der Waals surface area contributed by atoms with Gasteiger partial charge >= 0.3 is 6.09 Å². The van der Waals surface area contributed by atoms with Crippen molar-refractivity contribution >= 4 is 23.3 Å². The molecule has 0 unspecified atom stereocenters. The Morgan fingerprint density at radius 3 is 2.82 bits per heavy atom. The van der Waals surface area contributed by atoms with Crippen LogP contribution in [0.2, 0.25) is 0 Å². The van der Waals surface area contributed by atoms with Gasteiger partial charge in [0.15, 0.2) is 11.9 Å². The number of hydrogen-bond donors (Lipinski definition) is 0. The minimum Gasteiger partial charge on any atom is -0.442 e. The summed E-state index contributed by atoms with van der Waals surface area (Å²) >= 11 is 0. The summed E-state index contributed by atoms with van der Waals surface area (Å²) in [4.78, 5) is 28.1. The molecule has 3 aliphatic rings. The maximum atomic E-state index is 15.0. The van der Waals surface area contributed by atoms with E-state index in [9.17, 15) is 9.59 Å². The van der Waals surface area contributed by atoms with E-state index < -0.39 is 29.9 Å². The van der Waals surface area contributed by atoms with Crippen LogP contribution in [-0.4, -0.2) is 76.1 Å². The van der Waals surface area contributed by atoms with Crippen LogP contribution in [0.1, 0.15) is 25.8 Å². The molecule has 180 valence electrons. The molecule has 10 nitrogen and oxygen atoms in total. The Morgan fingerprint density at radius 1 is 1.32 bits per heavy atom. The Morgan fingerprint density at radius 2 is 2.18 bits per heavy atom. The van der Waals surface area contributed by atoms with E-state index in [0.29, 0.717) is 43.9 Å².